The number of hydrogen-bond donors (Lipinski definition) is 2. The maximum Gasteiger partial charge on any atom is 0.254 e. The molecule has 1 aliphatic heterocycles. The van der Waals surface area contributed by atoms with Gasteiger partial charge in [0.2, 0.25) is 11.8 Å². The van der Waals surface area contributed by atoms with Crippen molar-refractivity contribution in [3.63, 3.8) is 0 Å². The van der Waals surface area contributed by atoms with Crippen molar-refractivity contribution in [1.29, 1.82) is 0 Å². The average Bonchev–Trinajstić information content (AvgIpc) is 2.77. The standard InChI is InChI=1S/C23H26F2N4O3/c24-17-8-9-19(20(25)15-17)23(32)26-10-4-7-22(31)29-13-11-28(12-14-29)16-21(30)27-18-5-2-1-3-6-18/h1-3,5-6,8-9,15H,4,7,10-14,16H2,(H,26,32)(H,27,30). The summed E-state index contributed by atoms with van der Waals surface area (Å²) in [6, 6.07) is 12.0. The van der Waals surface area contributed by atoms with Crippen LogP contribution in [0.15, 0.2) is 48.5 Å². The van der Waals surface area contributed by atoms with Crippen LogP contribution in [-0.2, 0) is 9.59 Å². The van der Waals surface area contributed by atoms with Crippen molar-refractivity contribution in [2.45, 2.75) is 12.8 Å². The molecule has 1 saturated heterocycles. The highest BCUT2D eigenvalue weighted by atomic mass is 19.1. The van der Waals surface area contributed by atoms with Gasteiger partial charge >= 0.3 is 0 Å². The molecule has 9 heteroatoms. The van der Waals surface area contributed by atoms with Crippen molar-refractivity contribution in [3.05, 3.63) is 65.7 Å². The molecule has 2 aromatic carbocycles. The Hall–Kier alpha value is -3.33. The number of amides is 3. The minimum atomic E-state index is -0.922. The van der Waals surface area contributed by atoms with Crippen LogP contribution in [0.25, 0.3) is 0 Å². The molecule has 0 saturated carbocycles. The molecule has 2 aromatic rings. The van der Waals surface area contributed by atoms with Gasteiger partial charge in [-0.25, -0.2) is 8.78 Å². The first-order chi connectivity index (χ1) is 15.4. The van der Waals surface area contributed by atoms with Crippen LogP contribution in [0.1, 0.15) is 23.2 Å². The highest BCUT2D eigenvalue weighted by Crippen LogP contribution is 2.10. The molecule has 0 bridgehead atoms. The van der Waals surface area contributed by atoms with Crippen LogP contribution >= 0.6 is 0 Å². The zero-order valence-corrected chi connectivity index (χ0v) is 17.7. The molecule has 1 heterocycles. The molecule has 1 aliphatic rings. The topological polar surface area (TPSA) is 81.8 Å². The molecule has 0 aromatic heterocycles. The third kappa shape index (κ3) is 6.84. The van der Waals surface area contributed by atoms with E-state index in [1.165, 1.54) is 0 Å². The van der Waals surface area contributed by atoms with E-state index in [4.69, 9.17) is 0 Å². The van der Waals surface area contributed by atoms with Gasteiger partial charge in [0.05, 0.1) is 12.1 Å². The van der Waals surface area contributed by atoms with Crippen LogP contribution < -0.4 is 10.6 Å². The maximum absolute atomic E-state index is 13.6. The van der Waals surface area contributed by atoms with Gasteiger partial charge in [-0.1, -0.05) is 18.2 Å². The van der Waals surface area contributed by atoms with Crippen LogP contribution in [0.4, 0.5) is 14.5 Å². The molecule has 0 spiro atoms. The number of hydrogen-bond acceptors (Lipinski definition) is 4. The normalized spacial score (nSPS) is 14.1. The molecule has 0 radical (unpaired) electrons. The number of para-hydroxylation sites is 1. The van der Waals surface area contributed by atoms with Crippen LogP contribution in [0.2, 0.25) is 0 Å². The second-order valence-electron chi connectivity index (χ2n) is 7.55. The minimum Gasteiger partial charge on any atom is -0.352 e. The van der Waals surface area contributed by atoms with Gasteiger partial charge < -0.3 is 15.5 Å². The minimum absolute atomic E-state index is 0.0272. The fraction of sp³-hybridized carbons (Fsp3) is 0.348. The zero-order chi connectivity index (χ0) is 22.9. The van der Waals surface area contributed by atoms with E-state index in [-0.39, 0.29) is 36.9 Å². The van der Waals surface area contributed by atoms with E-state index >= 15 is 0 Å². The van der Waals surface area contributed by atoms with Crippen molar-refractivity contribution in [3.8, 4) is 0 Å². The van der Waals surface area contributed by atoms with Gasteiger partial charge in [0.1, 0.15) is 11.6 Å². The monoisotopic (exact) mass is 444 g/mol. The van der Waals surface area contributed by atoms with E-state index in [1.807, 2.05) is 35.2 Å². The number of nitrogens with one attached hydrogen (secondary N) is 2. The van der Waals surface area contributed by atoms with Crippen LogP contribution in [-0.4, -0.2) is 66.8 Å². The lowest BCUT2D eigenvalue weighted by Crippen LogP contribution is -2.50. The van der Waals surface area contributed by atoms with E-state index in [1.54, 1.807) is 4.90 Å². The van der Waals surface area contributed by atoms with Gasteiger partial charge in [-0.2, -0.15) is 0 Å². The number of nitrogens with zero attached hydrogens (tertiary/aromatic N) is 2. The molecule has 0 atom stereocenters. The first-order valence-electron chi connectivity index (χ1n) is 10.5. The van der Waals surface area contributed by atoms with Gasteiger partial charge in [-0.05, 0) is 30.7 Å². The number of carbonyl (C=O) groups is 3. The molecular weight excluding hydrogens is 418 g/mol. The summed E-state index contributed by atoms with van der Waals surface area (Å²) in [7, 11) is 0. The number of rotatable bonds is 8. The molecule has 0 unspecified atom stereocenters. The highest BCUT2D eigenvalue weighted by Gasteiger charge is 2.22. The molecule has 7 nitrogen and oxygen atoms in total. The van der Waals surface area contributed by atoms with Crippen molar-refractivity contribution in [2.24, 2.45) is 0 Å². The summed E-state index contributed by atoms with van der Waals surface area (Å²) in [6.45, 7) is 2.75. The smallest absolute Gasteiger partial charge is 0.254 e. The quantitative estimate of drug-likeness (QED) is 0.612. The second kappa shape index (κ2) is 11.3. The number of carbonyl (C=O) groups excluding carboxylic acids is 3. The Kier molecular flexibility index (Phi) is 8.27. The fourth-order valence-electron chi connectivity index (χ4n) is 3.45. The maximum atomic E-state index is 13.6. The molecule has 3 amide bonds. The fourth-order valence-corrected chi connectivity index (χ4v) is 3.45. The lowest BCUT2D eigenvalue weighted by molar-refractivity contribution is -0.133. The average molecular weight is 444 g/mol. The molecule has 2 N–H and O–H groups in total. The summed E-state index contributed by atoms with van der Waals surface area (Å²) in [4.78, 5) is 40.2. The van der Waals surface area contributed by atoms with Gasteiger partial charge in [-0.15, -0.1) is 0 Å². The largest absolute Gasteiger partial charge is 0.352 e. The molecule has 32 heavy (non-hydrogen) atoms. The first kappa shape index (κ1) is 23.3. The second-order valence-corrected chi connectivity index (χ2v) is 7.55. The van der Waals surface area contributed by atoms with Crippen LogP contribution in [0.3, 0.4) is 0 Å². The van der Waals surface area contributed by atoms with Crippen LogP contribution in [0, 0.1) is 11.6 Å². The van der Waals surface area contributed by atoms with Gasteiger partial charge in [0, 0.05) is 50.9 Å². The summed E-state index contributed by atoms with van der Waals surface area (Å²) in [5, 5.41) is 5.39. The molecule has 0 aliphatic carbocycles. The van der Waals surface area contributed by atoms with E-state index in [2.05, 4.69) is 10.6 Å². The third-order valence-electron chi connectivity index (χ3n) is 5.18. The van der Waals surface area contributed by atoms with Crippen molar-refractivity contribution in [1.82, 2.24) is 15.1 Å². The predicted molar refractivity (Wildman–Crippen MR) is 116 cm³/mol. The SMILES string of the molecule is O=C(CN1CCN(C(=O)CCCNC(=O)c2ccc(F)cc2F)CC1)Nc1ccccc1. The lowest BCUT2D eigenvalue weighted by atomic mass is 10.2. The highest BCUT2D eigenvalue weighted by molar-refractivity contribution is 5.94. The number of halogens is 2. The summed E-state index contributed by atoms with van der Waals surface area (Å²) in [5.74, 6) is -2.43. The first-order valence-corrected chi connectivity index (χ1v) is 10.5. The van der Waals surface area contributed by atoms with Gasteiger partial charge in [-0.3, -0.25) is 19.3 Å². The lowest BCUT2D eigenvalue weighted by Gasteiger charge is -2.34. The number of piperazine rings is 1. The Morgan fingerprint density at radius 3 is 2.34 bits per heavy atom. The third-order valence-corrected chi connectivity index (χ3v) is 5.18. The number of benzene rings is 2. The van der Waals surface area contributed by atoms with E-state index in [0.717, 1.165) is 17.8 Å². The van der Waals surface area contributed by atoms with Gasteiger partial charge in [0.25, 0.3) is 5.91 Å². The van der Waals surface area contributed by atoms with Crippen molar-refractivity contribution in [2.75, 3.05) is 44.6 Å². The summed E-state index contributed by atoms with van der Waals surface area (Å²) in [5.41, 5.74) is 0.519. The Bertz CT molecular complexity index is 948. The number of anilines is 1. The van der Waals surface area contributed by atoms with Crippen molar-refractivity contribution < 1.29 is 23.2 Å². The summed E-state index contributed by atoms with van der Waals surface area (Å²) < 4.78 is 26.5. The summed E-state index contributed by atoms with van der Waals surface area (Å²) in [6.07, 6.45) is 0.660. The predicted octanol–water partition coefficient (Wildman–Crippen LogP) is 2.26. The van der Waals surface area contributed by atoms with Crippen LogP contribution in [0.5, 0.6) is 0 Å². The Labute approximate surface area is 185 Å². The van der Waals surface area contributed by atoms with E-state index in [0.29, 0.717) is 38.7 Å². The molecule has 1 fully saturated rings. The van der Waals surface area contributed by atoms with E-state index < -0.39 is 17.5 Å². The molecule has 3 rings (SSSR count). The van der Waals surface area contributed by atoms with E-state index in [9.17, 15) is 23.2 Å². The Balaban J connectivity index is 1.32. The van der Waals surface area contributed by atoms with Gasteiger partial charge in [0.15, 0.2) is 0 Å². The molecular formula is C23H26F2N4O3. The Morgan fingerprint density at radius 1 is 0.938 bits per heavy atom. The van der Waals surface area contributed by atoms with Crippen molar-refractivity contribution >= 4 is 23.4 Å². The molecule has 170 valence electrons. The summed E-state index contributed by atoms with van der Waals surface area (Å²) >= 11 is 0. The Morgan fingerprint density at radius 2 is 1.66 bits per heavy atom. The zero-order valence-electron chi connectivity index (χ0n) is 17.7.